The van der Waals surface area contributed by atoms with E-state index in [0.717, 1.165) is 6.42 Å². The lowest BCUT2D eigenvalue weighted by atomic mass is 10.2. The highest BCUT2D eigenvalue weighted by molar-refractivity contribution is 8.13. The molecule has 0 aliphatic carbocycles. The lowest BCUT2D eigenvalue weighted by Crippen LogP contribution is -2.24. The van der Waals surface area contributed by atoms with Gasteiger partial charge in [0.1, 0.15) is 0 Å². The number of carbonyl (C=O) groups excluding carboxylic acids is 1. The van der Waals surface area contributed by atoms with Crippen molar-refractivity contribution in [3.63, 3.8) is 0 Å². The number of halogens is 1. The zero-order valence-electron chi connectivity index (χ0n) is 11.2. The van der Waals surface area contributed by atoms with E-state index in [1.165, 1.54) is 11.8 Å². The van der Waals surface area contributed by atoms with Crippen molar-refractivity contribution in [1.29, 1.82) is 5.26 Å². The number of nitrogens with zero attached hydrogens (tertiary/aromatic N) is 2. The second kappa shape index (κ2) is 8.46. The van der Waals surface area contributed by atoms with E-state index in [4.69, 9.17) is 16.9 Å². The lowest BCUT2D eigenvalue weighted by molar-refractivity contribution is 0.0954. The van der Waals surface area contributed by atoms with Gasteiger partial charge in [-0.3, -0.25) is 10.1 Å². The number of hydrogen-bond acceptors (Lipinski definition) is 4. The van der Waals surface area contributed by atoms with Crippen LogP contribution in [0.5, 0.6) is 0 Å². The highest BCUT2D eigenvalue weighted by atomic mass is 35.5. The van der Waals surface area contributed by atoms with E-state index in [2.05, 4.69) is 15.6 Å². The quantitative estimate of drug-likeness (QED) is 0.388. The van der Waals surface area contributed by atoms with Gasteiger partial charge in [-0.05, 0) is 30.9 Å². The molecule has 0 aromatic heterocycles. The van der Waals surface area contributed by atoms with Gasteiger partial charge in [0.25, 0.3) is 5.91 Å². The molecule has 0 aliphatic rings. The molecule has 1 amide bonds. The van der Waals surface area contributed by atoms with Crippen LogP contribution < -0.4 is 10.6 Å². The SMILES string of the molecule is CCCNC(=O)c1ccc(N=C(NC#N)SC)cc1Cl. The van der Waals surface area contributed by atoms with Gasteiger partial charge in [-0.15, -0.1) is 0 Å². The van der Waals surface area contributed by atoms with Crippen LogP contribution in [0.1, 0.15) is 23.7 Å². The fourth-order valence-electron chi connectivity index (χ4n) is 1.38. The third-order valence-electron chi connectivity index (χ3n) is 2.32. The fraction of sp³-hybridized carbons (Fsp3) is 0.308. The van der Waals surface area contributed by atoms with Crippen molar-refractivity contribution in [2.75, 3.05) is 12.8 Å². The predicted molar refractivity (Wildman–Crippen MR) is 83.4 cm³/mol. The summed E-state index contributed by atoms with van der Waals surface area (Å²) in [6, 6.07) is 4.90. The molecule has 1 rings (SSSR count). The molecular weight excluding hydrogens is 296 g/mol. The molecule has 0 radical (unpaired) electrons. The molecule has 20 heavy (non-hydrogen) atoms. The van der Waals surface area contributed by atoms with Crippen LogP contribution in [0.2, 0.25) is 5.02 Å². The predicted octanol–water partition coefficient (Wildman–Crippen LogP) is 2.90. The Morgan fingerprint density at radius 3 is 2.85 bits per heavy atom. The topological polar surface area (TPSA) is 77.3 Å². The van der Waals surface area contributed by atoms with Gasteiger partial charge in [0.15, 0.2) is 11.4 Å². The number of rotatable bonds is 4. The number of amides is 1. The molecule has 1 aromatic rings. The van der Waals surface area contributed by atoms with Crippen LogP contribution >= 0.6 is 23.4 Å². The summed E-state index contributed by atoms with van der Waals surface area (Å²) < 4.78 is 0. The summed E-state index contributed by atoms with van der Waals surface area (Å²) in [4.78, 5) is 16.0. The summed E-state index contributed by atoms with van der Waals surface area (Å²) in [5.74, 6) is -0.201. The maximum atomic E-state index is 11.8. The van der Waals surface area contributed by atoms with E-state index in [1.807, 2.05) is 13.1 Å². The smallest absolute Gasteiger partial charge is 0.252 e. The first kappa shape index (κ1) is 16.3. The van der Waals surface area contributed by atoms with Gasteiger partial charge in [-0.25, -0.2) is 4.99 Å². The Labute approximate surface area is 127 Å². The van der Waals surface area contributed by atoms with Gasteiger partial charge in [-0.1, -0.05) is 30.3 Å². The average molecular weight is 311 g/mol. The molecule has 7 heteroatoms. The number of hydrogen-bond donors (Lipinski definition) is 2. The Kier molecular flexibility index (Phi) is 6.91. The molecule has 0 unspecified atom stereocenters. The van der Waals surface area contributed by atoms with E-state index < -0.39 is 0 Å². The zero-order chi connectivity index (χ0) is 15.0. The van der Waals surface area contributed by atoms with Crippen LogP contribution in [0.25, 0.3) is 0 Å². The van der Waals surface area contributed by atoms with Crippen LogP contribution in [0, 0.1) is 11.5 Å². The van der Waals surface area contributed by atoms with Crippen molar-refractivity contribution in [2.24, 2.45) is 4.99 Å². The summed E-state index contributed by atoms with van der Waals surface area (Å²) in [7, 11) is 0. The van der Waals surface area contributed by atoms with Gasteiger partial charge in [0, 0.05) is 6.54 Å². The Bertz CT molecular complexity index is 554. The van der Waals surface area contributed by atoms with E-state index in [0.29, 0.717) is 28.0 Å². The van der Waals surface area contributed by atoms with Gasteiger partial charge in [-0.2, -0.15) is 5.26 Å². The molecule has 0 spiro atoms. The molecule has 0 heterocycles. The van der Waals surface area contributed by atoms with Crippen LogP contribution in [-0.4, -0.2) is 23.9 Å². The Morgan fingerprint density at radius 1 is 1.55 bits per heavy atom. The Hall–Kier alpha value is -1.71. The van der Waals surface area contributed by atoms with Crippen LogP contribution in [0.4, 0.5) is 5.69 Å². The van der Waals surface area contributed by atoms with Crippen LogP contribution in [-0.2, 0) is 0 Å². The van der Waals surface area contributed by atoms with Gasteiger partial charge >= 0.3 is 0 Å². The summed E-state index contributed by atoms with van der Waals surface area (Å²) >= 11 is 7.40. The maximum Gasteiger partial charge on any atom is 0.252 e. The van der Waals surface area contributed by atoms with E-state index in [1.54, 1.807) is 24.5 Å². The molecule has 0 atom stereocenters. The number of benzene rings is 1. The van der Waals surface area contributed by atoms with Crippen molar-refractivity contribution in [3.8, 4) is 6.19 Å². The molecule has 0 fully saturated rings. The third kappa shape index (κ3) is 4.76. The highest BCUT2D eigenvalue weighted by Crippen LogP contribution is 2.23. The molecule has 1 aromatic carbocycles. The minimum absolute atomic E-state index is 0.201. The monoisotopic (exact) mass is 310 g/mol. The lowest BCUT2D eigenvalue weighted by Gasteiger charge is -2.06. The number of amidine groups is 1. The molecule has 0 saturated carbocycles. The normalized spacial score (nSPS) is 10.8. The summed E-state index contributed by atoms with van der Waals surface area (Å²) in [5, 5.41) is 14.6. The van der Waals surface area contributed by atoms with E-state index >= 15 is 0 Å². The molecule has 2 N–H and O–H groups in total. The maximum absolute atomic E-state index is 11.8. The minimum atomic E-state index is -0.201. The van der Waals surface area contributed by atoms with Crippen molar-refractivity contribution < 1.29 is 4.79 Å². The number of carbonyl (C=O) groups is 1. The molecule has 0 bridgehead atoms. The average Bonchev–Trinajstić information content (AvgIpc) is 2.44. The first-order valence-electron chi connectivity index (χ1n) is 5.97. The minimum Gasteiger partial charge on any atom is -0.352 e. The third-order valence-corrected chi connectivity index (χ3v) is 3.21. The van der Waals surface area contributed by atoms with E-state index in [9.17, 15) is 4.79 Å². The molecule has 5 nitrogen and oxygen atoms in total. The second-order valence-electron chi connectivity index (χ2n) is 3.78. The molecule has 0 saturated heterocycles. The van der Waals surface area contributed by atoms with Crippen molar-refractivity contribution in [1.82, 2.24) is 10.6 Å². The Morgan fingerprint density at radius 2 is 2.30 bits per heavy atom. The number of nitrogens with one attached hydrogen (secondary N) is 2. The molecule has 106 valence electrons. The second-order valence-corrected chi connectivity index (χ2v) is 4.98. The van der Waals surface area contributed by atoms with Gasteiger partial charge < -0.3 is 5.32 Å². The first-order chi connectivity index (χ1) is 9.62. The van der Waals surface area contributed by atoms with Crippen LogP contribution in [0.15, 0.2) is 23.2 Å². The van der Waals surface area contributed by atoms with Crippen molar-refractivity contribution in [3.05, 3.63) is 28.8 Å². The first-order valence-corrected chi connectivity index (χ1v) is 7.58. The fourth-order valence-corrected chi connectivity index (χ4v) is 1.99. The molecular formula is C13H15ClN4OS. The summed E-state index contributed by atoms with van der Waals surface area (Å²) in [5.41, 5.74) is 0.993. The standard InChI is InChI=1S/C13H15ClN4OS/c1-3-6-16-12(19)10-5-4-9(7-11(10)14)18-13(20-2)17-8-15/h4-5,7H,3,6H2,1-2H3,(H,16,19)(H,17,18). The Balaban J connectivity index is 2.93. The zero-order valence-corrected chi connectivity index (χ0v) is 12.8. The number of nitriles is 1. The summed E-state index contributed by atoms with van der Waals surface area (Å²) in [6.45, 7) is 2.59. The van der Waals surface area contributed by atoms with Crippen molar-refractivity contribution in [2.45, 2.75) is 13.3 Å². The van der Waals surface area contributed by atoms with Crippen molar-refractivity contribution >= 4 is 40.1 Å². The van der Waals surface area contributed by atoms with Gasteiger partial charge in [0.05, 0.1) is 16.3 Å². The number of thioether (sulfide) groups is 1. The van der Waals surface area contributed by atoms with Gasteiger partial charge in [0.2, 0.25) is 0 Å². The van der Waals surface area contributed by atoms with E-state index in [-0.39, 0.29) is 5.91 Å². The highest BCUT2D eigenvalue weighted by Gasteiger charge is 2.10. The molecule has 0 aliphatic heterocycles. The summed E-state index contributed by atoms with van der Waals surface area (Å²) in [6.07, 6.45) is 4.47. The number of aliphatic imine (C=N–C) groups is 1. The van der Waals surface area contributed by atoms with Crippen LogP contribution in [0.3, 0.4) is 0 Å². The largest absolute Gasteiger partial charge is 0.352 e.